The van der Waals surface area contributed by atoms with Gasteiger partial charge in [-0.05, 0) is 19.4 Å². The lowest BCUT2D eigenvalue weighted by Gasteiger charge is -2.04. The smallest absolute Gasteiger partial charge is 0.157 e. The van der Waals surface area contributed by atoms with E-state index in [9.17, 15) is 0 Å². The Labute approximate surface area is 125 Å². The highest BCUT2D eigenvalue weighted by atomic mass is 16.5. The van der Waals surface area contributed by atoms with Crippen molar-refractivity contribution in [1.82, 2.24) is 30.1 Å². The summed E-state index contributed by atoms with van der Waals surface area (Å²) in [6, 6.07) is 0. The van der Waals surface area contributed by atoms with E-state index in [1.54, 1.807) is 10.9 Å². The van der Waals surface area contributed by atoms with E-state index >= 15 is 0 Å². The molecule has 0 aromatic carbocycles. The number of aromatic nitrogens is 5. The van der Waals surface area contributed by atoms with E-state index in [-0.39, 0.29) is 0 Å². The Morgan fingerprint density at radius 3 is 2.86 bits per heavy atom. The fraction of sp³-hybridized carbons (Fsp3) is 0.643. The summed E-state index contributed by atoms with van der Waals surface area (Å²) in [5.74, 6) is 1.42. The van der Waals surface area contributed by atoms with Crippen LogP contribution in [0.5, 0.6) is 5.75 Å². The van der Waals surface area contributed by atoms with E-state index in [0.29, 0.717) is 19.1 Å². The summed E-state index contributed by atoms with van der Waals surface area (Å²) in [4.78, 5) is 0. The summed E-state index contributed by atoms with van der Waals surface area (Å²) in [5, 5.41) is 15.7. The minimum Gasteiger partial charge on any atom is -0.488 e. The largest absolute Gasteiger partial charge is 0.488 e. The molecular formula is C14H24N6O. The molecule has 0 aliphatic rings. The van der Waals surface area contributed by atoms with Crippen molar-refractivity contribution in [3.63, 3.8) is 0 Å². The van der Waals surface area contributed by atoms with Crippen molar-refractivity contribution < 1.29 is 4.74 Å². The van der Waals surface area contributed by atoms with Gasteiger partial charge in [0.2, 0.25) is 0 Å². The monoisotopic (exact) mass is 292 g/mol. The van der Waals surface area contributed by atoms with Gasteiger partial charge in [0, 0.05) is 19.3 Å². The molecule has 0 bridgehead atoms. The summed E-state index contributed by atoms with van der Waals surface area (Å²) >= 11 is 0. The number of nitrogens with one attached hydrogen (secondary N) is 1. The van der Waals surface area contributed by atoms with Crippen LogP contribution in [0.4, 0.5) is 0 Å². The Hall–Kier alpha value is -1.89. The number of hydrogen-bond donors (Lipinski definition) is 1. The number of nitrogens with zero attached hydrogens (tertiary/aromatic N) is 5. The topological polar surface area (TPSA) is 69.8 Å². The molecule has 0 unspecified atom stereocenters. The molecule has 0 saturated carbocycles. The van der Waals surface area contributed by atoms with Crippen LogP contribution in [0.1, 0.15) is 26.5 Å². The van der Waals surface area contributed by atoms with Crippen LogP contribution >= 0.6 is 0 Å². The molecule has 1 N–H and O–H groups in total. The summed E-state index contributed by atoms with van der Waals surface area (Å²) < 4.78 is 9.27. The van der Waals surface area contributed by atoms with E-state index in [2.05, 4.69) is 34.6 Å². The van der Waals surface area contributed by atoms with Gasteiger partial charge in [0.05, 0.1) is 24.6 Å². The van der Waals surface area contributed by atoms with Gasteiger partial charge < -0.3 is 10.1 Å². The first-order valence-corrected chi connectivity index (χ1v) is 7.42. The summed E-state index contributed by atoms with van der Waals surface area (Å²) in [5.41, 5.74) is 0.953. The number of ether oxygens (including phenoxy) is 1. The van der Waals surface area contributed by atoms with Crippen LogP contribution in [0.25, 0.3) is 0 Å². The quantitative estimate of drug-likeness (QED) is 0.755. The average molecular weight is 292 g/mol. The molecule has 7 heteroatoms. The molecule has 2 aromatic rings. The standard InChI is InChI=1S/C14H24N6O/c1-4-19-11-14(9-16-19)21-6-5-20-10-13(17-18-20)8-15-7-12(2)3/h9-12,15H,4-8H2,1-3H3. The average Bonchev–Trinajstić information content (AvgIpc) is 3.08. The highest BCUT2D eigenvalue weighted by Crippen LogP contribution is 2.07. The zero-order valence-electron chi connectivity index (χ0n) is 13.0. The van der Waals surface area contributed by atoms with Gasteiger partial charge in [-0.25, -0.2) is 4.68 Å². The van der Waals surface area contributed by atoms with Gasteiger partial charge in [0.25, 0.3) is 0 Å². The molecule has 0 radical (unpaired) electrons. The molecule has 116 valence electrons. The van der Waals surface area contributed by atoms with E-state index < -0.39 is 0 Å². The molecule has 7 nitrogen and oxygen atoms in total. The van der Waals surface area contributed by atoms with E-state index in [1.807, 2.05) is 24.0 Å². The molecule has 0 amide bonds. The predicted molar refractivity (Wildman–Crippen MR) is 80.0 cm³/mol. The van der Waals surface area contributed by atoms with Gasteiger partial charge in [-0.1, -0.05) is 19.1 Å². The number of rotatable bonds is 9. The van der Waals surface area contributed by atoms with Crippen LogP contribution in [0.2, 0.25) is 0 Å². The normalized spacial score (nSPS) is 11.2. The van der Waals surface area contributed by atoms with Crippen molar-refractivity contribution in [3.05, 3.63) is 24.3 Å². The van der Waals surface area contributed by atoms with Crippen molar-refractivity contribution in [2.75, 3.05) is 13.2 Å². The van der Waals surface area contributed by atoms with Crippen LogP contribution in [0.3, 0.4) is 0 Å². The van der Waals surface area contributed by atoms with Crippen molar-refractivity contribution in [2.45, 2.75) is 40.4 Å². The van der Waals surface area contributed by atoms with Gasteiger partial charge in [-0.15, -0.1) is 5.10 Å². The van der Waals surface area contributed by atoms with Crippen LogP contribution < -0.4 is 10.1 Å². The van der Waals surface area contributed by atoms with Crippen molar-refractivity contribution in [2.24, 2.45) is 5.92 Å². The molecular weight excluding hydrogens is 268 g/mol. The van der Waals surface area contributed by atoms with Gasteiger partial charge in [-0.3, -0.25) is 4.68 Å². The van der Waals surface area contributed by atoms with E-state index in [0.717, 1.165) is 31.1 Å². The van der Waals surface area contributed by atoms with Gasteiger partial charge in [-0.2, -0.15) is 5.10 Å². The first-order chi connectivity index (χ1) is 10.2. The lowest BCUT2D eigenvalue weighted by atomic mass is 10.2. The van der Waals surface area contributed by atoms with E-state index in [1.165, 1.54) is 0 Å². The molecule has 2 heterocycles. The van der Waals surface area contributed by atoms with Gasteiger partial charge >= 0.3 is 0 Å². The third-order valence-electron chi connectivity index (χ3n) is 2.97. The predicted octanol–water partition coefficient (Wildman–Crippen LogP) is 1.32. The Bertz CT molecular complexity index is 533. The first kappa shape index (κ1) is 15.5. The molecule has 0 aliphatic heterocycles. The second kappa shape index (κ2) is 7.78. The van der Waals surface area contributed by atoms with Crippen LogP contribution in [0.15, 0.2) is 18.6 Å². The van der Waals surface area contributed by atoms with Crippen molar-refractivity contribution in [3.8, 4) is 5.75 Å². The fourth-order valence-electron chi connectivity index (χ4n) is 1.87. The third kappa shape index (κ3) is 5.18. The minimum absolute atomic E-state index is 0.553. The Morgan fingerprint density at radius 2 is 2.14 bits per heavy atom. The molecule has 0 fully saturated rings. The molecule has 21 heavy (non-hydrogen) atoms. The first-order valence-electron chi connectivity index (χ1n) is 7.42. The summed E-state index contributed by atoms with van der Waals surface area (Å²) in [6.07, 6.45) is 5.57. The fourth-order valence-corrected chi connectivity index (χ4v) is 1.87. The number of aryl methyl sites for hydroxylation is 1. The molecule has 2 aromatic heterocycles. The van der Waals surface area contributed by atoms with Crippen molar-refractivity contribution in [1.29, 1.82) is 0 Å². The maximum atomic E-state index is 5.63. The Kier molecular flexibility index (Phi) is 5.74. The summed E-state index contributed by atoms with van der Waals surface area (Å²) in [6.45, 7) is 10.2. The highest BCUT2D eigenvalue weighted by Gasteiger charge is 2.02. The highest BCUT2D eigenvalue weighted by molar-refractivity contribution is 5.11. The molecule has 2 rings (SSSR count). The van der Waals surface area contributed by atoms with Gasteiger partial charge in [0.1, 0.15) is 6.61 Å². The maximum absolute atomic E-state index is 5.63. The van der Waals surface area contributed by atoms with Crippen molar-refractivity contribution >= 4 is 0 Å². The Balaban J connectivity index is 1.70. The lowest BCUT2D eigenvalue weighted by Crippen LogP contribution is -2.19. The van der Waals surface area contributed by atoms with Gasteiger partial charge in [0.15, 0.2) is 5.75 Å². The minimum atomic E-state index is 0.553. The molecule has 0 atom stereocenters. The van der Waals surface area contributed by atoms with Crippen LogP contribution in [-0.2, 0) is 19.6 Å². The maximum Gasteiger partial charge on any atom is 0.157 e. The van der Waals surface area contributed by atoms with Crippen LogP contribution in [0, 0.1) is 5.92 Å². The SMILES string of the molecule is CCn1cc(OCCn2cc(CNCC(C)C)nn2)cn1. The molecule has 0 aliphatic carbocycles. The second-order valence-corrected chi connectivity index (χ2v) is 5.38. The Morgan fingerprint density at radius 1 is 1.29 bits per heavy atom. The second-order valence-electron chi connectivity index (χ2n) is 5.38. The zero-order chi connectivity index (χ0) is 15.1. The molecule has 0 spiro atoms. The van der Waals surface area contributed by atoms with E-state index in [4.69, 9.17) is 4.74 Å². The third-order valence-corrected chi connectivity index (χ3v) is 2.97. The summed E-state index contributed by atoms with van der Waals surface area (Å²) in [7, 11) is 0. The van der Waals surface area contributed by atoms with Crippen LogP contribution in [-0.4, -0.2) is 37.9 Å². The molecule has 0 saturated heterocycles. The lowest BCUT2D eigenvalue weighted by molar-refractivity contribution is 0.289. The number of hydrogen-bond acceptors (Lipinski definition) is 5. The zero-order valence-corrected chi connectivity index (χ0v) is 13.0.